The third-order valence-electron chi connectivity index (χ3n) is 4.06. The summed E-state index contributed by atoms with van der Waals surface area (Å²) >= 11 is 12.4. The molecule has 22 heavy (non-hydrogen) atoms. The second-order valence-electron chi connectivity index (χ2n) is 5.68. The van der Waals surface area contributed by atoms with E-state index >= 15 is 0 Å². The summed E-state index contributed by atoms with van der Waals surface area (Å²) < 4.78 is 0. The maximum Gasteiger partial charge on any atom is 0.221 e. The van der Waals surface area contributed by atoms with Gasteiger partial charge in [0.05, 0.1) is 10.0 Å². The molecule has 1 aliphatic heterocycles. The molecule has 0 radical (unpaired) electrons. The van der Waals surface area contributed by atoms with Gasteiger partial charge in [0.25, 0.3) is 0 Å². The number of rotatable bonds is 6. The third kappa shape index (κ3) is 4.85. The predicted molar refractivity (Wildman–Crippen MR) is 91.2 cm³/mol. The molecule has 1 heterocycles. The van der Waals surface area contributed by atoms with E-state index in [2.05, 4.69) is 10.2 Å². The Morgan fingerprint density at radius 3 is 2.95 bits per heavy atom. The summed E-state index contributed by atoms with van der Waals surface area (Å²) in [5, 5.41) is 4.19. The predicted octanol–water partition coefficient (Wildman–Crippen LogP) is 2.81. The summed E-state index contributed by atoms with van der Waals surface area (Å²) in [6.45, 7) is 2.83. The van der Waals surface area contributed by atoms with Gasteiger partial charge in [-0.25, -0.2) is 0 Å². The molecule has 122 valence electrons. The van der Waals surface area contributed by atoms with Crippen molar-refractivity contribution in [3.8, 4) is 0 Å². The molecular formula is C16H23Cl2N3O. The van der Waals surface area contributed by atoms with Crippen LogP contribution in [0, 0.1) is 0 Å². The number of amides is 1. The van der Waals surface area contributed by atoms with Crippen molar-refractivity contribution < 1.29 is 4.79 Å². The van der Waals surface area contributed by atoms with Crippen LogP contribution in [0.2, 0.25) is 10.0 Å². The fourth-order valence-corrected chi connectivity index (χ4v) is 3.22. The van der Waals surface area contributed by atoms with E-state index in [0.29, 0.717) is 35.6 Å². The Hall–Kier alpha value is -0.810. The maximum absolute atomic E-state index is 11.6. The standard InChI is InChI=1S/C16H23Cl2N3O/c17-14-6-3-4-12(16(14)18)11-21-9-2-1-5-13(21)10-20-15(22)7-8-19/h3-4,6,13H,1-2,5,7-11,19H2,(H,20,22). The minimum Gasteiger partial charge on any atom is -0.354 e. The number of carbonyl (C=O) groups is 1. The van der Waals surface area contributed by atoms with Crippen LogP contribution in [0.15, 0.2) is 18.2 Å². The number of nitrogens with zero attached hydrogens (tertiary/aromatic N) is 1. The van der Waals surface area contributed by atoms with E-state index in [1.165, 1.54) is 12.8 Å². The molecule has 0 aromatic heterocycles. The molecule has 0 saturated carbocycles. The van der Waals surface area contributed by atoms with Crippen molar-refractivity contribution in [1.82, 2.24) is 10.2 Å². The first-order valence-electron chi connectivity index (χ1n) is 7.75. The van der Waals surface area contributed by atoms with E-state index in [-0.39, 0.29) is 5.91 Å². The summed E-state index contributed by atoms with van der Waals surface area (Å²) in [6.07, 6.45) is 3.83. The van der Waals surface area contributed by atoms with E-state index < -0.39 is 0 Å². The van der Waals surface area contributed by atoms with E-state index in [1.54, 1.807) is 6.07 Å². The molecule has 0 bridgehead atoms. The van der Waals surface area contributed by atoms with Crippen LogP contribution in [0.25, 0.3) is 0 Å². The molecule has 0 spiro atoms. The van der Waals surface area contributed by atoms with Crippen LogP contribution in [-0.4, -0.2) is 36.5 Å². The number of piperidine rings is 1. The fourth-order valence-electron chi connectivity index (χ4n) is 2.84. The van der Waals surface area contributed by atoms with Gasteiger partial charge in [0.1, 0.15) is 0 Å². The topological polar surface area (TPSA) is 58.4 Å². The average molecular weight is 344 g/mol. The Bertz CT molecular complexity index is 510. The van der Waals surface area contributed by atoms with Crippen molar-refractivity contribution in [3.05, 3.63) is 33.8 Å². The lowest BCUT2D eigenvalue weighted by Crippen LogP contribution is -2.46. The van der Waals surface area contributed by atoms with Crippen LogP contribution in [0.3, 0.4) is 0 Å². The second kappa shape index (κ2) is 8.73. The monoisotopic (exact) mass is 343 g/mol. The van der Waals surface area contributed by atoms with E-state index in [4.69, 9.17) is 28.9 Å². The molecule has 1 aromatic rings. The lowest BCUT2D eigenvalue weighted by molar-refractivity contribution is -0.121. The zero-order valence-corrected chi connectivity index (χ0v) is 14.2. The van der Waals surface area contributed by atoms with Crippen LogP contribution in [0.1, 0.15) is 31.2 Å². The third-order valence-corrected chi connectivity index (χ3v) is 4.92. The second-order valence-corrected chi connectivity index (χ2v) is 6.46. The van der Waals surface area contributed by atoms with Gasteiger partial charge in [-0.15, -0.1) is 0 Å². The van der Waals surface area contributed by atoms with Crippen LogP contribution in [-0.2, 0) is 11.3 Å². The van der Waals surface area contributed by atoms with Crippen LogP contribution >= 0.6 is 23.2 Å². The van der Waals surface area contributed by atoms with Gasteiger partial charge in [-0.1, -0.05) is 41.8 Å². The minimum absolute atomic E-state index is 0.0220. The number of nitrogens with one attached hydrogen (secondary N) is 1. The average Bonchev–Trinajstić information content (AvgIpc) is 2.51. The Balaban J connectivity index is 1.97. The number of nitrogens with two attached hydrogens (primary N) is 1. The molecule has 1 saturated heterocycles. The Kier molecular flexibility index (Phi) is 6.96. The highest BCUT2D eigenvalue weighted by Gasteiger charge is 2.23. The lowest BCUT2D eigenvalue weighted by atomic mass is 10.0. The van der Waals surface area contributed by atoms with Gasteiger partial charge in [-0.05, 0) is 31.0 Å². The summed E-state index contributed by atoms with van der Waals surface area (Å²) in [4.78, 5) is 14.0. The van der Waals surface area contributed by atoms with E-state index in [1.807, 2.05) is 12.1 Å². The highest BCUT2D eigenvalue weighted by Crippen LogP contribution is 2.28. The van der Waals surface area contributed by atoms with Gasteiger partial charge in [0.2, 0.25) is 5.91 Å². The van der Waals surface area contributed by atoms with Gasteiger partial charge >= 0.3 is 0 Å². The molecule has 4 nitrogen and oxygen atoms in total. The fraction of sp³-hybridized carbons (Fsp3) is 0.562. The first kappa shape index (κ1) is 17.5. The number of carbonyl (C=O) groups excluding carboxylic acids is 1. The lowest BCUT2D eigenvalue weighted by Gasteiger charge is -2.36. The summed E-state index contributed by atoms with van der Waals surface area (Å²) in [7, 11) is 0. The quantitative estimate of drug-likeness (QED) is 0.834. The van der Waals surface area contributed by atoms with Crippen molar-refractivity contribution in [3.63, 3.8) is 0 Å². The maximum atomic E-state index is 11.6. The number of hydrogen-bond acceptors (Lipinski definition) is 3. The number of hydrogen-bond donors (Lipinski definition) is 2. The van der Waals surface area contributed by atoms with Gasteiger partial charge in [-0.2, -0.15) is 0 Å². The molecule has 1 fully saturated rings. The van der Waals surface area contributed by atoms with Crippen molar-refractivity contribution in [2.75, 3.05) is 19.6 Å². The Morgan fingerprint density at radius 2 is 2.18 bits per heavy atom. The minimum atomic E-state index is 0.0220. The van der Waals surface area contributed by atoms with Crippen LogP contribution in [0.4, 0.5) is 0 Å². The van der Waals surface area contributed by atoms with E-state index in [0.717, 1.165) is 25.1 Å². The van der Waals surface area contributed by atoms with Crippen molar-refractivity contribution in [2.45, 2.75) is 38.3 Å². The van der Waals surface area contributed by atoms with Gasteiger partial charge < -0.3 is 11.1 Å². The van der Waals surface area contributed by atoms with Crippen molar-refractivity contribution in [2.24, 2.45) is 5.73 Å². The first-order chi connectivity index (χ1) is 10.6. The molecular weight excluding hydrogens is 321 g/mol. The molecule has 1 amide bonds. The smallest absolute Gasteiger partial charge is 0.221 e. The highest BCUT2D eigenvalue weighted by atomic mass is 35.5. The van der Waals surface area contributed by atoms with Gasteiger partial charge in [0.15, 0.2) is 0 Å². The molecule has 1 aliphatic rings. The molecule has 2 rings (SSSR count). The SMILES string of the molecule is NCCC(=O)NCC1CCCCN1Cc1cccc(Cl)c1Cl. The molecule has 3 N–H and O–H groups in total. The largest absolute Gasteiger partial charge is 0.354 e. The van der Waals surface area contributed by atoms with Crippen molar-refractivity contribution in [1.29, 1.82) is 0 Å². The highest BCUT2D eigenvalue weighted by molar-refractivity contribution is 6.42. The summed E-state index contributed by atoms with van der Waals surface area (Å²) in [6, 6.07) is 6.07. The summed E-state index contributed by atoms with van der Waals surface area (Å²) in [5.74, 6) is 0.0220. The van der Waals surface area contributed by atoms with Crippen LogP contribution in [0.5, 0.6) is 0 Å². The molecule has 1 atom stereocenters. The number of halogens is 2. The normalized spacial score (nSPS) is 19.1. The van der Waals surface area contributed by atoms with E-state index in [9.17, 15) is 4.79 Å². The molecule has 1 aromatic carbocycles. The molecule has 6 heteroatoms. The molecule has 1 unspecified atom stereocenters. The van der Waals surface area contributed by atoms with Gasteiger partial charge in [-0.3, -0.25) is 9.69 Å². The Labute approximate surface area is 141 Å². The Morgan fingerprint density at radius 1 is 1.36 bits per heavy atom. The first-order valence-corrected chi connectivity index (χ1v) is 8.51. The zero-order valence-electron chi connectivity index (χ0n) is 12.7. The summed E-state index contributed by atoms with van der Waals surface area (Å²) in [5.41, 5.74) is 6.44. The van der Waals surface area contributed by atoms with Crippen molar-refractivity contribution >= 4 is 29.1 Å². The number of benzene rings is 1. The number of likely N-dealkylation sites (tertiary alicyclic amines) is 1. The molecule has 0 aliphatic carbocycles. The zero-order chi connectivity index (χ0) is 15.9. The van der Waals surface area contributed by atoms with Crippen LogP contribution < -0.4 is 11.1 Å². The van der Waals surface area contributed by atoms with Gasteiger partial charge in [0, 0.05) is 32.1 Å².